The molecule has 0 heterocycles. The Balaban J connectivity index is 2.08. The Labute approximate surface area is 239 Å². The fourth-order valence-corrected chi connectivity index (χ4v) is 14.7. The van der Waals surface area contributed by atoms with E-state index >= 15 is 0 Å². The first-order chi connectivity index (χ1) is 18.8. The lowest BCUT2D eigenvalue weighted by Crippen LogP contribution is -2.40. The molecule has 2 fully saturated rings. The third-order valence-electron chi connectivity index (χ3n) is 7.90. The maximum Gasteiger partial charge on any atom is 0.495 e. The van der Waals surface area contributed by atoms with E-state index < -0.39 is 69.6 Å². The molecule has 2 saturated carbocycles. The molecule has 0 N–H and O–H groups in total. The third-order valence-corrected chi connectivity index (χ3v) is 17.9. The van der Waals surface area contributed by atoms with Crippen LogP contribution < -0.4 is 0 Å². The molecular weight excluding hydrogens is 601 g/mol. The van der Waals surface area contributed by atoms with Crippen molar-refractivity contribution in [3.8, 4) is 0 Å². The van der Waals surface area contributed by atoms with Gasteiger partial charge in [-0.05, 0) is 44.9 Å². The van der Waals surface area contributed by atoms with Gasteiger partial charge >= 0.3 is 8.75 Å². The van der Waals surface area contributed by atoms with Gasteiger partial charge in [0.1, 0.15) is 0 Å². The van der Waals surface area contributed by atoms with E-state index in [2.05, 4.69) is 9.58 Å². The molecule has 1 atom stereocenters. The summed E-state index contributed by atoms with van der Waals surface area (Å²) in [5.74, 6) is -0.593. The standard InChI is InChI=1S/C24H42N4O8S4/c1-2-3-13-20(39(33,34)24(28-26)40(35,36)22-16-9-5-10-17-22)18-11-6-12-19-37(29,30)23(27-25)38(31,32)21-14-7-4-8-15-21/h20-22H,2-19H2,1H3. The average molecular weight is 643 g/mol. The molecule has 2 aliphatic rings. The zero-order chi connectivity index (χ0) is 30.0. The highest BCUT2D eigenvalue weighted by Gasteiger charge is 2.50. The van der Waals surface area contributed by atoms with Crippen LogP contribution in [0, 0.1) is 0 Å². The lowest BCUT2D eigenvalue weighted by atomic mass is 10.0. The number of hydrogen-bond acceptors (Lipinski definition) is 8. The quantitative estimate of drug-likeness (QED) is 0.101. The van der Waals surface area contributed by atoms with Crippen LogP contribution in [0.5, 0.6) is 0 Å². The van der Waals surface area contributed by atoms with Crippen molar-refractivity contribution in [2.75, 3.05) is 5.75 Å². The molecule has 0 amide bonds. The summed E-state index contributed by atoms with van der Waals surface area (Å²) >= 11 is 0. The highest BCUT2D eigenvalue weighted by atomic mass is 32.3. The normalized spacial score (nSPS) is 18.9. The van der Waals surface area contributed by atoms with Crippen LogP contribution in [-0.2, 0) is 39.3 Å². The largest absolute Gasteiger partial charge is 0.495 e. The van der Waals surface area contributed by atoms with Crippen LogP contribution >= 0.6 is 0 Å². The molecular formula is C24H42N4O8S4. The summed E-state index contributed by atoms with van der Waals surface area (Å²) in [6.45, 7) is 1.86. The summed E-state index contributed by atoms with van der Waals surface area (Å²) in [5.41, 5.74) is 18.8. The molecule has 0 aromatic heterocycles. The van der Waals surface area contributed by atoms with Crippen LogP contribution in [0.15, 0.2) is 0 Å². The van der Waals surface area contributed by atoms with E-state index in [9.17, 15) is 44.7 Å². The van der Waals surface area contributed by atoms with Crippen molar-refractivity contribution in [1.82, 2.24) is 0 Å². The minimum atomic E-state index is -4.49. The van der Waals surface area contributed by atoms with E-state index in [-0.39, 0.29) is 32.1 Å². The van der Waals surface area contributed by atoms with Gasteiger partial charge < -0.3 is 11.1 Å². The Morgan fingerprint density at radius 1 is 0.650 bits per heavy atom. The van der Waals surface area contributed by atoms with Crippen LogP contribution in [0.1, 0.15) is 116 Å². The van der Waals surface area contributed by atoms with Crippen LogP contribution in [-0.4, -0.2) is 73.5 Å². The molecule has 2 aliphatic carbocycles. The van der Waals surface area contributed by atoms with Crippen molar-refractivity contribution in [1.29, 1.82) is 0 Å². The van der Waals surface area contributed by atoms with Crippen molar-refractivity contribution in [3.63, 3.8) is 0 Å². The molecule has 2 rings (SSSR count). The number of sulfone groups is 4. The van der Waals surface area contributed by atoms with Crippen molar-refractivity contribution >= 4 is 48.1 Å². The van der Waals surface area contributed by atoms with E-state index in [0.29, 0.717) is 64.2 Å². The second kappa shape index (κ2) is 15.2. The maximum atomic E-state index is 13.4. The van der Waals surface area contributed by atoms with Crippen molar-refractivity contribution < 1.29 is 43.3 Å². The molecule has 0 spiro atoms. The van der Waals surface area contributed by atoms with Gasteiger partial charge in [0.05, 0.1) is 21.5 Å². The first kappa shape index (κ1) is 34.8. The summed E-state index contributed by atoms with van der Waals surface area (Å²) in [7, 11) is -17.6. The van der Waals surface area contributed by atoms with Crippen molar-refractivity contribution in [3.05, 3.63) is 11.1 Å². The fourth-order valence-electron chi connectivity index (χ4n) is 5.56. The Bertz CT molecular complexity index is 1400. The number of hydrogen-bond donors (Lipinski definition) is 0. The zero-order valence-electron chi connectivity index (χ0n) is 23.1. The van der Waals surface area contributed by atoms with Crippen LogP contribution in [0.4, 0.5) is 0 Å². The predicted molar refractivity (Wildman–Crippen MR) is 153 cm³/mol. The first-order valence-electron chi connectivity index (χ1n) is 14.1. The number of nitrogens with zero attached hydrogens (tertiary/aromatic N) is 4. The Kier molecular flexibility index (Phi) is 13.2. The molecule has 0 saturated heterocycles. The molecule has 40 heavy (non-hydrogen) atoms. The van der Waals surface area contributed by atoms with E-state index in [0.717, 1.165) is 12.8 Å². The summed E-state index contributed by atoms with van der Waals surface area (Å²) in [5, 5.41) is -2.94. The number of unbranched alkanes of at least 4 members (excludes halogenated alkanes) is 3. The van der Waals surface area contributed by atoms with Crippen molar-refractivity contribution in [2.24, 2.45) is 0 Å². The molecule has 0 radical (unpaired) electrons. The second-order valence-electron chi connectivity index (χ2n) is 10.8. The van der Waals surface area contributed by atoms with Gasteiger partial charge in [0.2, 0.25) is 0 Å². The van der Waals surface area contributed by atoms with Crippen LogP contribution in [0.2, 0.25) is 0 Å². The molecule has 16 heteroatoms. The summed E-state index contributed by atoms with van der Waals surface area (Å²) < 4.78 is 102. The molecule has 0 aromatic carbocycles. The monoisotopic (exact) mass is 642 g/mol. The van der Waals surface area contributed by atoms with E-state index in [1.165, 1.54) is 0 Å². The summed E-state index contributed by atoms with van der Waals surface area (Å²) in [6, 6.07) is 0. The molecule has 1 unspecified atom stereocenters. The molecule has 0 aromatic rings. The molecule has 0 aliphatic heterocycles. The molecule has 12 nitrogen and oxygen atoms in total. The predicted octanol–water partition coefficient (Wildman–Crippen LogP) is 3.60. The smallest absolute Gasteiger partial charge is 0.359 e. The van der Waals surface area contributed by atoms with Gasteiger partial charge in [-0.3, -0.25) is 0 Å². The van der Waals surface area contributed by atoms with E-state index in [1.807, 2.05) is 6.92 Å². The van der Waals surface area contributed by atoms with Gasteiger partial charge in [-0.2, -0.15) is 0 Å². The topological polar surface area (TPSA) is 209 Å². The van der Waals surface area contributed by atoms with Crippen LogP contribution in [0.3, 0.4) is 0 Å². The van der Waals surface area contributed by atoms with Crippen LogP contribution in [0.25, 0.3) is 11.1 Å². The second-order valence-corrected chi connectivity index (χ2v) is 19.8. The van der Waals surface area contributed by atoms with Gasteiger partial charge in [-0.15, -0.1) is 9.58 Å². The zero-order valence-corrected chi connectivity index (χ0v) is 26.4. The third kappa shape index (κ3) is 8.54. The Morgan fingerprint density at radius 2 is 1.10 bits per heavy atom. The molecule has 0 bridgehead atoms. The van der Waals surface area contributed by atoms with Gasteiger partial charge in [0, 0.05) is 0 Å². The SMILES string of the molecule is CCCCC(CCCCCS(=O)(=O)C(=[N+]=[N-])S(=O)(=O)C1CCCCC1)S(=O)(=O)C(=[N+]=[N-])S(=O)(=O)C1CCCCC1. The van der Waals surface area contributed by atoms with Gasteiger partial charge in [-0.25, -0.2) is 33.7 Å². The average Bonchev–Trinajstić information content (AvgIpc) is 2.91. The van der Waals surface area contributed by atoms with Gasteiger partial charge in [-0.1, -0.05) is 71.1 Å². The summed E-state index contributed by atoms with van der Waals surface area (Å²) in [6.07, 6.45) is 7.27. The van der Waals surface area contributed by atoms with Gasteiger partial charge in [0.25, 0.3) is 39.3 Å². The Morgan fingerprint density at radius 3 is 1.55 bits per heavy atom. The molecule has 230 valence electrons. The van der Waals surface area contributed by atoms with E-state index in [1.54, 1.807) is 0 Å². The Hall–Kier alpha value is -1.44. The van der Waals surface area contributed by atoms with Gasteiger partial charge in [0.15, 0.2) is 0 Å². The summed E-state index contributed by atoms with van der Waals surface area (Å²) in [4.78, 5) is 5.43. The minimum Gasteiger partial charge on any atom is -0.359 e. The highest BCUT2D eigenvalue weighted by molar-refractivity contribution is 8.31. The first-order valence-corrected chi connectivity index (χ1v) is 20.4. The fraction of sp³-hybridized carbons (Fsp3) is 0.917. The number of rotatable bonds is 12. The van der Waals surface area contributed by atoms with E-state index in [4.69, 9.17) is 0 Å². The minimum absolute atomic E-state index is 0.0105. The lowest BCUT2D eigenvalue weighted by molar-refractivity contribution is 0.00333. The van der Waals surface area contributed by atoms with Crippen molar-refractivity contribution in [2.45, 2.75) is 132 Å². The highest BCUT2D eigenvalue weighted by Crippen LogP contribution is 2.29. The lowest BCUT2D eigenvalue weighted by Gasteiger charge is -2.21. The maximum absolute atomic E-state index is 13.4.